The van der Waals surface area contributed by atoms with E-state index in [1.165, 1.54) is 13.0 Å². The van der Waals surface area contributed by atoms with Crippen molar-refractivity contribution >= 4 is 17.9 Å². The minimum Gasteiger partial charge on any atom is -0.497 e. The molecular weight excluding hydrogens is 260 g/mol. The Morgan fingerprint density at radius 3 is 2.20 bits per heavy atom. The second kappa shape index (κ2) is 7.18. The SMILES string of the molecule is COc1cc(/C=C/C(=O)N[C@H](C)C(N)=O)cc(OC)c1. The second-order valence-corrected chi connectivity index (χ2v) is 4.11. The predicted molar refractivity (Wildman–Crippen MR) is 75.4 cm³/mol. The second-order valence-electron chi connectivity index (χ2n) is 4.11. The number of nitrogens with one attached hydrogen (secondary N) is 1. The van der Waals surface area contributed by atoms with Gasteiger partial charge in [-0.15, -0.1) is 0 Å². The Hall–Kier alpha value is -2.50. The van der Waals surface area contributed by atoms with E-state index in [9.17, 15) is 9.59 Å². The van der Waals surface area contributed by atoms with E-state index in [1.54, 1.807) is 38.5 Å². The lowest BCUT2D eigenvalue weighted by atomic mass is 10.2. The average molecular weight is 278 g/mol. The highest BCUT2D eigenvalue weighted by molar-refractivity contribution is 5.95. The molecule has 2 amide bonds. The molecule has 108 valence electrons. The first-order valence-corrected chi connectivity index (χ1v) is 5.97. The zero-order valence-electron chi connectivity index (χ0n) is 11.7. The zero-order chi connectivity index (χ0) is 15.1. The lowest BCUT2D eigenvalue weighted by molar-refractivity contribution is -0.124. The summed E-state index contributed by atoms with van der Waals surface area (Å²) < 4.78 is 10.2. The monoisotopic (exact) mass is 278 g/mol. The lowest BCUT2D eigenvalue weighted by Gasteiger charge is -2.08. The van der Waals surface area contributed by atoms with Gasteiger partial charge in [0.2, 0.25) is 11.8 Å². The summed E-state index contributed by atoms with van der Waals surface area (Å²) >= 11 is 0. The maximum absolute atomic E-state index is 11.6. The first kappa shape index (κ1) is 15.6. The number of benzene rings is 1. The van der Waals surface area contributed by atoms with Crippen LogP contribution in [0, 0.1) is 0 Å². The summed E-state index contributed by atoms with van der Waals surface area (Å²) in [5.41, 5.74) is 5.80. The summed E-state index contributed by atoms with van der Waals surface area (Å²) in [5.74, 6) is 0.248. The number of hydrogen-bond acceptors (Lipinski definition) is 4. The normalized spacial score (nSPS) is 11.9. The molecule has 0 saturated carbocycles. The van der Waals surface area contributed by atoms with Gasteiger partial charge in [0.05, 0.1) is 14.2 Å². The molecule has 0 bridgehead atoms. The predicted octanol–water partition coefficient (Wildman–Crippen LogP) is 0.707. The summed E-state index contributed by atoms with van der Waals surface area (Å²) in [4.78, 5) is 22.4. The molecule has 0 heterocycles. The van der Waals surface area contributed by atoms with E-state index in [2.05, 4.69) is 5.32 Å². The number of rotatable bonds is 6. The van der Waals surface area contributed by atoms with E-state index in [0.717, 1.165) is 5.56 Å². The van der Waals surface area contributed by atoms with E-state index >= 15 is 0 Å². The third kappa shape index (κ3) is 4.64. The van der Waals surface area contributed by atoms with Gasteiger partial charge in [-0.2, -0.15) is 0 Å². The van der Waals surface area contributed by atoms with Crippen LogP contribution in [-0.2, 0) is 9.59 Å². The smallest absolute Gasteiger partial charge is 0.244 e. The van der Waals surface area contributed by atoms with Crippen molar-refractivity contribution in [3.63, 3.8) is 0 Å². The van der Waals surface area contributed by atoms with Gasteiger partial charge in [-0.1, -0.05) is 0 Å². The van der Waals surface area contributed by atoms with Crippen molar-refractivity contribution in [3.8, 4) is 11.5 Å². The van der Waals surface area contributed by atoms with Crippen LogP contribution in [0.3, 0.4) is 0 Å². The molecule has 1 aromatic rings. The Bertz CT molecular complexity index is 504. The molecule has 0 spiro atoms. The molecule has 1 rings (SSSR count). The minimum absolute atomic E-state index is 0.405. The van der Waals surface area contributed by atoms with Crippen LogP contribution in [-0.4, -0.2) is 32.1 Å². The Balaban J connectivity index is 2.79. The molecule has 0 aliphatic carbocycles. The number of primary amides is 1. The standard InChI is InChI=1S/C14H18N2O4/c1-9(14(15)18)16-13(17)5-4-10-6-11(19-2)8-12(7-10)20-3/h4-9H,1-3H3,(H2,15,18)(H,16,17)/b5-4+/t9-/m1/s1. The highest BCUT2D eigenvalue weighted by Crippen LogP contribution is 2.23. The fourth-order valence-electron chi connectivity index (χ4n) is 1.43. The summed E-state index contributed by atoms with van der Waals surface area (Å²) in [6, 6.07) is 4.52. The topological polar surface area (TPSA) is 90.6 Å². The van der Waals surface area contributed by atoms with E-state index in [0.29, 0.717) is 11.5 Å². The molecule has 0 aliphatic rings. The Labute approximate surface area is 117 Å². The van der Waals surface area contributed by atoms with Gasteiger partial charge >= 0.3 is 0 Å². The number of ether oxygens (including phenoxy) is 2. The van der Waals surface area contributed by atoms with Crippen molar-refractivity contribution < 1.29 is 19.1 Å². The number of amides is 2. The van der Waals surface area contributed by atoms with Crippen molar-refractivity contribution in [2.24, 2.45) is 5.73 Å². The Morgan fingerprint density at radius 1 is 1.20 bits per heavy atom. The van der Waals surface area contributed by atoms with Crippen LogP contribution >= 0.6 is 0 Å². The lowest BCUT2D eigenvalue weighted by Crippen LogP contribution is -2.41. The quantitative estimate of drug-likeness (QED) is 0.750. The summed E-state index contributed by atoms with van der Waals surface area (Å²) in [7, 11) is 3.09. The maximum Gasteiger partial charge on any atom is 0.244 e. The fraction of sp³-hybridized carbons (Fsp3) is 0.286. The number of nitrogens with two attached hydrogens (primary N) is 1. The molecule has 0 aromatic heterocycles. The number of carbonyl (C=O) groups is 2. The molecule has 3 N–H and O–H groups in total. The van der Waals surface area contributed by atoms with Crippen LogP contribution in [0.15, 0.2) is 24.3 Å². The van der Waals surface area contributed by atoms with Crippen molar-refractivity contribution in [1.29, 1.82) is 0 Å². The highest BCUT2D eigenvalue weighted by atomic mass is 16.5. The van der Waals surface area contributed by atoms with Crippen LogP contribution in [0.25, 0.3) is 6.08 Å². The third-order valence-corrected chi connectivity index (χ3v) is 2.59. The first-order valence-electron chi connectivity index (χ1n) is 5.97. The van der Waals surface area contributed by atoms with Crippen LogP contribution in [0.2, 0.25) is 0 Å². The fourth-order valence-corrected chi connectivity index (χ4v) is 1.43. The third-order valence-electron chi connectivity index (χ3n) is 2.59. The van der Waals surface area contributed by atoms with E-state index in [-0.39, 0.29) is 0 Å². The van der Waals surface area contributed by atoms with Gasteiger partial charge in [0.1, 0.15) is 17.5 Å². The first-order chi connectivity index (χ1) is 9.46. The van der Waals surface area contributed by atoms with E-state index < -0.39 is 17.9 Å². The van der Waals surface area contributed by atoms with Crippen molar-refractivity contribution in [2.75, 3.05) is 14.2 Å². The average Bonchev–Trinajstić information content (AvgIpc) is 2.44. The summed E-state index contributed by atoms with van der Waals surface area (Å²) in [6.45, 7) is 1.52. The molecule has 0 unspecified atom stereocenters. The molecule has 0 saturated heterocycles. The van der Waals surface area contributed by atoms with Crippen LogP contribution < -0.4 is 20.5 Å². The Morgan fingerprint density at radius 2 is 1.75 bits per heavy atom. The van der Waals surface area contributed by atoms with Gasteiger partial charge in [-0.3, -0.25) is 9.59 Å². The molecule has 20 heavy (non-hydrogen) atoms. The summed E-state index contributed by atoms with van der Waals surface area (Å²) in [6.07, 6.45) is 2.90. The van der Waals surface area contributed by atoms with Crippen LogP contribution in [0.1, 0.15) is 12.5 Å². The highest BCUT2D eigenvalue weighted by Gasteiger charge is 2.09. The molecule has 0 aliphatic heterocycles. The van der Waals surface area contributed by atoms with Crippen LogP contribution in [0.4, 0.5) is 0 Å². The van der Waals surface area contributed by atoms with Gasteiger partial charge in [0.15, 0.2) is 0 Å². The number of hydrogen-bond donors (Lipinski definition) is 2. The molecule has 0 radical (unpaired) electrons. The van der Waals surface area contributed by atoms with Gasteiger partial charge in [-0.05, 0) is 30.7 Å². The van der Waals surface area contributed by atoms with Gasteiger partial charge in [-0.25, -0.2) is 0 Å². The van der Waals surface area contributed by atoms with Crippen molar-refractivity contribution in [1.82, 2.24) is 5.32 Å². The van der Waals surface area contributed by atoms with E-state index in [4.69, 9.17) is 15.2 Å². The van der Waals surface area contributed by atoms with Gasteiger partial charge in [0, 0.05) is 12.1 Å². The van der Waals surface area contributed by atoms with Gasteiger partial charge in [0.25, 0.3) is 0 Å². The molecular formula is C14H18N2O4. The zero-order valence-corrected chi connectivity index (χ0v) is 11.7. The van der Waals surface area contributed by atoms with Gasteiger partial charge < -0.3 is 20.5 Å². The largest absolute Gasteiger partial charge is 0.497 e. The summed E-state index contributed by atoms with van der Waals surface area (Å²) in [5, 5.41) is 2.44. The van der Waals surface area contributed by atoms with Crippen molar-refractivity contribution in [2.45, 2.75) is 13.0 Å². The maximum atomic E-state index is 11.6. The van der Waals surface area contributed by atoms with Crippen LogP contribution in [0.5, 0.6) is 11.5 Å². The number of methoxy groups -OCH3 is 2. The molecule has 6 nitrogen and oxygen atoms in total. The molecule has 0 fully saturated rings. The Kier molecular flexibility index (Phi) is 5.58. The number of carbonyl (C=O) groups excluding carboxylic acids is 2. The molecule has 1 atom stereocenters. The van der Waals surface area contributed by atoms with E-state index in [1.807, 2.05) is 0 Å². The van der Waals surface area contributed by atoms with Crippen molar-refractivity contribution in [3.05, 3.63) is 29.8 Å². The molecule has 6 heteroatoms. The minimum atomic E-state index is -0.716. The molecule has 1 aromatic carbocycles.